The number of aryl methyl sites for hydroxylation is 1. The minimum absolute atomic E-state index is 0.0143. The second-order valence-electron chi connectivity index (χ2n) is 5.80. The first-order chi connectivity index (χ1) is 10.6. The number of fused-ring (bicyclic) bond motifs is 1. The van der Waals surface area contributed by atoms with Crippen LogP contribution in [0.3, 0.4) is 0 Å². The van der Waals surface area contributed by atoms with Gasteiger partial charge in [-0.05, 0) is 45.4 Å². The van der Waals surface area contributed by atoms with E-state index >= 15 is 0 Å². The van der Waals surface area contributed by atoms with Crippen LogP contribution in [0.4, 0.5) is 0 Å². The van der Waals surface area contributed by atoms with E-state index in [4.69, 9.17) is 14.3 Å². The molecule has 5 heteroatoms. The van der Waals surface area contributed by atoms with Crippen molar-refractivity contribution in [2.24, 2.45) is 0 Å². The average Bonchev–Trinajstić information content (AvgIpc) is 2.54. The molecule has 1 atom stereocenters. The molecule has 1 aromatic heterocycles. The second-order valence-corrected chi connectivity index (χ2v) is 5.80. The Morgan fingerprint density at radius 3 is 2.86 bits per heavy atom. The standard InChI is InChI=1S/C17H21NO4/c1-10-14(21-9-19)6-5-13-15(20)11(2)16(22-17(10)13)12-4-3-7-18-8-12/h5-6,12,18-19H,3-4,7-9H2,1-2H3. The van der Waals surface area contributed by atoms with Gasteiger partial charge in [0.25, 0.3) is 0 Å². The van der Waals surface area contributed by atoms with Crippen LogP contribution in [0, 0.1) is 13.8 Å². The van der Waals surface area contributed by atoms with E-state index in [2.05, 4.69) is 5.32 Å². The first-order valence-electron chi connectivity index (χ1n) is 7.64. The van der Waals surface area contributed by atoms with E-state index in [1.807, 2.05) is 13.8 Å². The normalized spacial score (nSPS) is 18.6. The Labute approximate surface area is 128 Å². The number of piperidine rings is 1. The Kier molecular flexibility index (Phi) is 4.18. The van der Waals surface area contributed by atoms with Gasteiger partial charge in [-0.1, -0.05) is 0 Å². The van der Waals surface area contributed by atoms with Gasteiger partial charge in [0.15, 0.2) is 12.2 Å². The van der Waals surface area contributed by atoms with Crippen molar-refractivity contribution in [3.63, 3.8) is 0 Å². The van der Waals surface area contributed by atoms with Gasteiger partial charge in [0.05, 0.1) is 5.39 Å². The molecule has 1 unspecified atom stereocenters. The topological polar surface area (TPSA) is 71.7 Å². The molecule has 0 saturated carbocycles. The lowest BCUT2D eigenvalue weighted by molar-refractivity contribution is 0.0979. The molecule has 1 aliphatic rings. The lowest BCUT2D eigenvalue weighted by Gasteiger charge is -2.23. The van der Waals surface area contributed by atoms with Gasteiger partial charge in [0, 0.05) is 23.6 Å². The van der Waals surface area contributed by atoms with Crippen LogP contribution in [0.2, 0.25) is 0 Å². The molecule has 0 bridgehead atoms. The van der Waals surface area contributed by atoms with E-state index in [9.17, 15) is 4.79 Å². The highest BCUT2D eigenvalue weighted by Gasteiger charge is 2.23. The molecule has 3 rings (SSSR count). The molecule has 0 spiro atoms. The van der Waals surface area contributed by atoms with Crippen LogP contribution in [-0.2, 0) is 0 Å². The van der Waals surface area contributed by atoms with Gasteiger partial charge in [-0.25, -0.2) is 0 Å². The fourth-order valence-electron chi connectivity index (χ4n) is 3.18. The first-order valence-corrected chi connectivity index (χ1v) is 7.64. The minimum atomic E-state index is -0.401. The summed E-state index contributed by atoms with van der Waals surface area (Å²) in [4.78, 5) is 12.6. The summed E-state index contributed by atoms with van der Waals surface area (Å²) in [7, 11) is 0. The number of hydrogen-bond acceptors (Lipinski definition) is 5. The summed E-state index contributed by atoms with van der Waals surface area (Å²) in [5.41, 5.74) is 2.01. The molecular weight excluding hydrogens is 282 g/mol. The quantitative estimate of drug-likeness (QED) is 0.851. The van der Waals surface area contributed by atoms with Gasteiger partial charge in [-0.15, -0.1) is 0 Å². The van der Waals surface area contributed by atoms with Gasteiger partial charge in [-0.3, -0.25) is 4.79 Å². The average molecular weight is 303 g/mol. The second kappa shape index (κ2) is 6.10. The maximum absolute atomic E-state index is 12.6. The molecule has 0 radical (unpaired) electrons. The number of hydrogen-bond donors (Lipinski definition) is 2. The summed E-state index contributed by atoms with van der Waals surface area (Å²) in [5.74, 6) is 1.54. The van der Waals surface area contributed by atoms with Crippen LogP contribution in [-0.4, -0.2) is 25.0 Å². The number of rotatable bonds is 3. The lowest BCUT2D eigenvalue weighted by atomic mass is 9.93. The number of aliphatic hydroxyl groups is 1. The van der Waals surface area contributed by atoms with Crippen LogP contribution in [0.25, 0.3) is 11.0 Å². The minimum Gasteiger partial charge on any atom is -0.467 e. The summed E-state index contributed by atoms with van der Waals surface area (Å²) < 4.78 is 11.3. The van der Waals surface area contributed by atoms with Crippen molar-refractivity contribution >= 4 is 11.0 Å². The van der Waals surface area contributed by atoms with E-state index in [1.54, 1.807) is 12.1 Å². The van der Waals surface area contributed by atoms with Gasteiger partial charge in [0.1, 0.15) is 17.1 Å². The smallest absolute Gasteiger partial charge is 0.195 e. The third-order valence-electron chi connectivity index (χ3n) is 4.41. The highest BCUT2D eigenvalue weighted by Crippen LogP contribution is 2.31. The highest BCUT2D eigenvalue weighted by atomic mass is 16.6. The Bertz CT molecular complexity index is 744. The molecule has 2 aromatic rings. The van der Waals surface area contributed by atoms with E-state index < -0.39 is 6.79 Å². The van der Waals surface area contributed by atoms with Crippen molar-refractivity contribution in [3.05, 3.63) is 39.2 Å². The Balaban J connectivity index is 2.19. The first kappa shape index (κ1) is 15.1. The van der Waals surface area contributed by atoms with Gasteiger partial charge in [0.2, 0.25) is 0 Å². The van der Waals surface area contributed by atoms with Crippen LogP contribution in [0.5, 0.6) is 5.75 Å². The molecular formula is C17H21NO4. The fourth-order valence-corrected chi connectivity index (χ4v) is 3.18. The molecule has 0 amide bonds. The number of aliphatic hydroxyl groups excluding tert-OH is 1. The zero-order valence-corrected chi connectivity index (χ0v) is 12.9. The van der Waals surface area contributed by atoms with Gasteiger partial charge < -0.3 is 19.6 Å². The molecule has 1 aliphatic heterocycles. The van der Waals surface area contributed by atoms with E-state index in [-0.39, 0.29) is 11.3 Å². The SMILES string of the molecule is Cc1c(C2CCCNC2)oc2c(C)c(OCO)ccc2c1=O. The van der Waals surface area contributed by atoms with Gasteiger partial charge >= 0.3 is 0 Å². The Morgan fingerprint density at radius 1 is 1.36 bits per heavy atom. The van der Waals surface area contributed by atoms with Crippen molar-refractivity contribution < 1.29 is 14.3 Å². The number of ether oxygens (including phenoxy) is 1. The van der Waals surface area contributed by atoms with Crippen molar-refractivity contribution in [1.29, 1.82) is 0 Å². The lowest BCUT2D eigenvalue weighted by Crippen LogP contribution is -2.29. The molecule has 22 heavy (non-hydrogen) atoms. The van der Waals surface area contributed by atoms with Gasteiger partial charge in [-0.2, -0.15) is 0 Å². The van der Waals surface area contributed by atoms with Crippen LogP contribution in [0.1, 0.15) is 35.6 Å². The maximum atomic E-state index is 12.6. The highest BCUT2D eigenvalue weighted by molar-refractivity contribution is 5.82. The number of nitrogens with one attached hydrogen (secondary N) is 1. The maximum Gasteiger partial charge on any atom is 0.195 e. The fraction of sp³-hybridized carbons (Fsp3) is 0.471. The largest absolute Gasteiger partial charge is 0.467 e. The third-order valence-corrected chi connectivity index (χ3v) is 4.41. The van der Waals surface area contributed by atoms with Crippen LogP contribution in [0.15, 0.2) is 21.3 Å². The third kappa shape index (κ3) is 2.51. The van der Waals surface area contributed by atoms with Crippen molar-refractivity contribution in [1.82, 2.24) is 5.32 Å². The summed E-state index contributed by atoms with van der Waals surface area (Å²) >= 11 is 0. The predicted octanol–water partition coefficient (Wildman–Crippen LogP) is 2.21. The Morgan fingerprint density at radius 2 is 2.18 bits per heavy atom. The Hall–Kier alpha value is -1.85. The zero-order chi connectivity index (χ0) is 15.7. The monoisotopic (exact) mass is 303 g/mol. The molecule has 1 aromatic carbocycles. The predicted molar refractivity (Wildman–Crippen MR) is 84.5 cm³/mol. The summed E-state index contributed by atoms with van der Waals surface area (Å²) in [5, 5.41) is 12.9. The zero-order valence-electron chi connectivity index (χ0n) is 12.9. The van der Waals surface area contributed by atoms with Crippen molar-refractivity contribution in [2.75, 3.05) is 19.9 Å². The molecule has 118 valence electrons. The van der Waals surface area contributed by atoms with Crippen LogP contribution >= 0.6 is 0 Å². The van der Waals surface area contributed by atoms with E-state index in [1.165, 1.54) is 0 Å². The van der Waals surface area contributed by atoms with Crippen molar-refractivity contribution in [2.45, 2.75) is 32.6 Å². The summed E-state index contributed by atoms with van der Waals surface area (Å²) in [6, 6.07) is 3.40. The molecule has 1 saturated heterocycles. The van der Waals surface area contributed by atoms with E-state index in [0.717, 1.165) is 37.3 Å². The summed E-state index contributed by atoms with van der Waals surface area (Å²) in [6.07, 6.45) is 2.10. The van der Waals surface area contributed by atoms with Crippen molar-refractivity contribution in [3.8, 4) is 5.75 Å². The van der Waals surface area contributed by atoms with Crippen LogP contribution < -0.4 is 15.5 Å². The summed E-state index contributed by atoms with van der Waals surface area (Å²) in [6.45, 7) is 5.13. The molecule has 0 aliphatic carbocycles. The van der Waals surface area contributed by atoms with E-state index in [0.29, 0.717) is 22.3 Å². The molecule has 5 nitrogen and oxygen atoms in total. The molecule has 2 N–H and O–H groups in total. The molecule has 1 fully saturated rings. The molecule has 2 heterocycles. The number of benzene rings is 1.